The average Bonchev–Trinajstić information content (AvgIpc) is 3.06. The fourth-order valence-electron chi connectivity index (χ4n) is 3.66. The summed E-state index contributed by atoms with van der Waals surface area (Å²) < 4.78 is 35.3. The molecule has 3 rings (SSSR count). The molecule has 6 heteroatoms. The predicted octanol–water partition coefficient (Wildman–Crippen LogP) is 3.47. The van der Waals surface area contributed by atoms with Crippen LogP contribution in [-0.4, -0.2) is 38.3 Å². The van der Waals surface area contributed by atoms with Gasteiger partial charge in [-0.3, -0.25) is 4.90 Å². The van der Waals surface area contributed by atoms with Crippen molar-refractivity contribution in [1.29, 1.82) is 0 Å². The van der Waals surface area contributed by atoms with Gasteiger partial charge in [0.05, 0.1) is 7.11 Å². The first-order valence-electron chi connectivity index (χ1n) is 8.69. The second-order valence-electron chi connectivity index (χ2n) is 6.56. The number of alkyl halides is 2. The Bertz CT molecular complexity index is 712. The topological polar surface area (TPSA) is 47.7 Å². The maximum Gasteiger partial charge on any atom is 0.387 e. The Morgan fingerprint density at radius 3 is 2.58 bits per heavy atom. The van der Waals surface area contributed by atoms with E-state index in [0.717, 1.165) is 13.1 Å². The van der Waals surface area contributed by atoms with Crippen LogP contribution in [0, 0.1) is 5.92 Å². The van der Waals surface area contributed by atoms with E-state index in [1.807, 2.05) is 18.2 Å². The van der Waals surface area contributed by atoms with Gasteiger partial charge in [0, 0.05) is 31.1 Å². The van der Waals surface area contributed by atoms with Crippen LogP contribution in [0.15, 0.2) is 48.5 Å². The van der Waals surface area contributed by atoms with Crippen LogP contribution in [0.2, 0.25) is 0 Å². The fraction of sp³-hybridized carbons (Fsp3) is 0.400. The molecule has 1 aliphatic rings. The van der Waals surface area contributed by atoms with E-state index in [1.165, 1.54) is 11.6 Å². The molecule has 0 spiro atoms. The van der Waals surface area contributed by atoms with E-state index in [0.29, 0.717) is 36.2 Å². The molecule has 2 aromatic carbocycles. The summed E-state index contributed by atoms with van der Waals surface area (Å²) in [6.45, 7) is -0.0960. The zero-order valence-corrected chi connectivity index (χ0v) is 14.8. The Morgan fingerprint density at radius 2 is 1.92 bits per heavy atom. The number of halogens is 2. The highest BCUT2D eigenvalue weighted by Crippen LogP contribution is 2.34. The highest BCUT2D eigenvalue weighted by Gasteiger charge is 2.33. The lowest BCUT2D eigenvalue weighted by molar-refractivity contribution is -0.0507. The second-order valence-corrected chi connectivity index (χ2v) is 6.56. The number of methoxy groups -OCH3 is 1. The van der Waals surface area contributed by atoms with Gasteiger partial charge in [-0.05, 0) is 36.2 Å². The summed E-state index contributed by atoms with van der Waals surface area (Å²) in [6, 6.07) is 15.2. The zero-order valence-electron chi connectivity index (χ0n) is 14.8. The van der Waals surface area contributed by atoms with Crippen LogP contribution >= 0.6 is 0 Å². The van der Waals surface area contributed by atoms with E-state index in [9.17, 15) is 8.78 Å². The minimum atomic E-state index is -2.85. The molecule has 26 heavy (non-hydrogen) atoms. The summed E-state index contributed by atoms with van der Waals surface area (Å²) in [5, 5.41) is 0. The lowest BCUT2D eigenvalue weighted by atomic mass is 9.89. The molecule has 1 fully saturated rings. The van der Waals surface area contributed by atoms with E-state index in [-0.39, 0.29) is 5.75 Å². The third kappa shape index (κ3) is 4.31. The minimum Gasteiger partial charge on any atom is -0.497 e. The molecular weight excluding hydrogens is 338 g/mol. The number of hydrogen-bond donors (Lipinski definition) is 1. The largest absolute Gasteiger partial charge is 0.497 e. The quantitative estimate of drug-likeness (QED) is 0.819. The van der Waals surface area contributed by atoms with Crippen molar-refractivity contribution < 1.29 is 18.3 Å². The molecule has 1 aliphatic heterocycles. The smallest absolute Gasteiger partial charge is 0.387 e. The Morgan fingerprint density at radius 1 is 1.15 bits per heavy atom. The lowest BCUT2D eigenvalue weighted by Crippen LogP contribution is -2.23. The maximum absolute atomic E-state index is 12.7. The Balaban J connectivity index is 1.78. The van der Waals surface area contributed by atoms with E-state index in [4.69, 9.17) is 10.5 Å². The zero-order chi connectivity index (χ0) is 18.5. The molecule has 140 valence electrons. The second kappa shape index (κ2) is 8.47. The van der Waals surface area contributed by atoms with Crippen molar-refractivity contribution in [2.24, 2.45) is 11.7 Å². The summed E-state index contributed by atoms with van der Waals surface area (Å²) in [4.78, 5) is 2.24. The van der Waals surface area contributed by atoms with Crippen LogP contribution in [0.1, 0.15) is 17.0 Å². The molecular formula is C20H24F2N2O2. The number of benzene rings is 2. The van der Waals surface area contributed by atoms with Crippen molar-refractivity contribution in [3.63, 3.8) is 0 Å². The van der Waals surface area contributed by atoms with Gasteiger partial charge >= 0.3 is 6.61 Å². The summed E-state index contributed by atoms with van der Waals surface area (Å²) in [5.41, 5.74) is 7.94. The van der Waals surface area contributed by atoms with Crippen molar-refractivity contribution >= 4 is 0 Å². The van der Waals surface area contributed by atoms with Gasteiger partial charge in [-0.25, -0.2) is 0 Å². The molecule has 4 nitrogen and oxygen atoms in total. The molecule has 2 aromatic rings. The molecule has 0 bridgehead atoms. The standard InChI is InChI=1S/C20H24F2N2O2/c1-25-17-7-8-19(26-20(21)22)15(9-17)11-24-12-16(10-23)18(13-24)14-5-3-2-4-6-14/h2-9,16,18,20H,10-13,23H2,1H3/t16-,18+/m1/s1. The molecule has 0 saturated carbocycles. The van der Waals surface area contributed by atoms with Crippen molar-refractivity contribution in [1.82, 2.24) is 4.90 Å². The van der Waals surface area contributed by atoms with Crippen LogP contribution in [0.3, 0.4) is 0 Å². The van der Waals surface area contributed by atoms with Gasteiger partial charge in [0.2, 0.25) is 0 Å². The molecule has 2 N–H and O–H groups in total. The SMILES string of the molecule is COc1ccc(OC(F)F)c(CN2C[C@@H](CN)[C@H](c3ccccc3)C2)c1. The number of nitrogens with zero attached hydrogens (tertiary/aromatic N) is 1. The highest BCUT2D eigenvalue weighted by molar-refractivity contribution is 5.40. The molecule has 1 heterocycles. The Kier molecular flexibility index (Phi) is 6.06. The van der Waals surface area contributed by atoms with E-state index < -0.39 is 6.61 Å². The van der Waals surface area contributed by atoms with Gasteiger partial charge in [0.1, 0.15) is 11.5 Å². The van der Waals surface area contributed by atoms with Crippen LogP contribution in [0.25, 0.3) is 0 Å². The third-order valence-corrected chi connectivity index (χ3v) is 4.92. The first-order chi connectivity index (χ1) is 12.6. The molecule has 0 aromatic heterocycles. The van der Waals surface area contributed by atoms with Crippen molar-refractivity contribution in [3.8, 4) is 11.5 Å². The Hall–Kier alpha value is -2.18. The number of likely N-dealkylation sites (tertiary alicyclic amines) is 1. The van der Waals surface area contributed by atoms with Gasteiger partial charge in [-0.1, -0.05) is 30.3 Å². The van der Waals surface area contributed by atoms with Crippen LogP contribution in [0.5, 0.6) is 11.5 Å². The molecule has 2 atom stereocenters. The van der Waals surface area contributed by atoms with Crippen LogP contribution in [-0.2, 0) is 6.54 Å². The minimum absolute atomic E-state index is 0.188. The van der Waals surface area contributed by atoms with Crippen molar-refractivity contribution in [2.45, 2.75) is 19.1 Å². The predicted molar refractivity (Wildman–Crippen MR) is 96.6 cm³/mol. The van der Waals surface area contributed by atoms with E-state index in [1.54, 1.807) is 19.2 Å². The normalized spacial score (nSPS) is 20.5. The van der Waals surface area contributed by atoms with Gasteiger partial charge in [0.15, 0.2) is 0 Å². The third-order valence-electron chi connectivity index (χ3n) is 4.92. The fourth-order valence-corrected chi connectivity index (χ4v) is 3.66. The number of rotatable bonds is 7. The number of nitrogens with two attached hydrogens (primary N) is 1. The first kappa shape index (κ1) is 18.6. The lowest BCUT2D eigenvalue weighted by Gasteiger charge is -2.19. The average molecular weight is 362 g/mol. The van der Waals surface area contributed by atoms with Gasteiger partial charge in [0.25, 0.3) is 0 Å². The summed E-state index contributed by atoms with van der Waals surface area (Å²) in [5.74, 6) is 1.48. The van der Waals surface area contributed by atoms with Gasteiger partial charge in [-0.2, -0.15) is 8.78 Å². The van der Waals surface area contributed by atoms with Gasteiger partial charge in [-0.15, -0.1) is 0 Å². The Labute approximate surface area is 152 Å². The molecule has 0 aliphatic carbocycles. The van der Waals surface area contributed by atoms with E-state index >= 15 is 0 Å². The van der Waals surface area contributed by atoms with Gasteiger partial charge < -0.3 is 15.2 Å². The van der Waals surface area contributed by atoms with Crippen molar-refractivity contribution in [2.75, 3.05) is 26.7 Å². The highest BCUT2D eigenvalue weighted by atomic mass is 19.3. The van der Waals surface area contributed by atoms with Crippen molar-refractivity contribution in [3.05, 3.63) is 59.7 Å². The summed E-state index contributed by atoms with van der Waals surface area (Å²) in [6.07, 6.45) is 0. The monoisotopic (exact) mass is 362 g/mol. The molecule has 0 radical (unpaired) electrons. The molecule has 0 unspecified atom stereocenters. The molecule has 1 saturated heterocycles. The van der Waals surface area contributed by atoms with Crippen LogP contribution in [0.4, 0.5) is 8.78 Å². The summed E-state index contributed by atoms with van der Waals surface area (Å²) >= 11 is 0. The summed E-state index contributed by atoms with van der Waals surface area (Å²) in [7, 11) is 1.55. The maximum atomic E-state index is 12.7. The molecule has 0 amide bonds. The first-order valence-corrected chi connectivity index (χ1v) is 8.69. The van der Waals surface area contributed by atoms with E-state index in [2.05, 4.69) is 21.8 Å². The van der Waals surface area contributed by atoms with Crippen LogP contribution < -0.4 is 15.2 Å². The number of ether oxygens (including phenoxy) is 2. The number of hydrogen-bond acceptors (Lipinski definition) is 4.